The number of rotatable bonds is 3. The van der Waals surface area contributed by atoms with Crippen LogP contribution in [0, 0.1) is 0 Å². The van der Waals surface area contributed by atoms with E-state index in [-0.39, 0.29) is 6.04 Å². The third-order valence-electron chi connectivity index (χ3n) is 2.12. The molecule has 1 rings (SSSR count). The summed E-state index contributed by atoms with van der Waals surface area (Å²) in [6, 6.07) is 0.579. The van der Waals surface area contributed by atoms with Gasteiger partial charge in [0.05, 0.1) is 16.9 Å². The summed E-state index contributed by atoms with van der Waals surface area (Å²) in [6.45, 7) is 6.26. The zero-order chi connectivity index (χ0) is 10.0. The molecule has 0 amide bonds. The van der Waals surface area contributed by atoms with Crippen molar-refractivity contribution in [1.82, 2.24) is 15.1 Å². The van der Waals surface area contributed by atoms with E-state index >= 15 is 0 Å². The molecule has 4 heteroatoms. The SMILES string of the molecule is CNC(C)c1c(Cl)cnn1C(C)C. The van der Waals surface area contributed by atoms with Crippen LogP contribution in [-0.4, -0.2) is 16.8 Å². The molecule has 0 aliphatic carbocycles. The second kappa shape index (κ2) is 4.11. The summed E-state index contributed by atoms with van der Waals surface area (Å²) in [5.74, 6) is 0. The van der Waals surface area contributed by atoms with Crippen molar-refractivity contribution in [3.8, 4) is 0 Å². The van der Waals surface area contributed by atoms with Gasteiger partial charge in [-0.15, -0.1) is 0 Å². The molecule has 0 radical (unpaired) electrons. The van der Waals surface area contributed by atoms with Crippen LogP contribution in [-0.2, 0) is 0 Å². The predicted octanol–water partition coefficient (Wildman–Crippen LogP) is 2.40. The molecule has 1 heterocycles. The molecule has 1 aromatic rings. The number of aromatic nitrogens is 2. The zero-order valence-electron chi connectivity index (χ0n) is 8.50. The summed E-state index contributed by atoms with van der Waals surface area (Å²) in [6.07, 6.45) is 1.70. The van der Waals surface area contributed by atoms with E-state index in [2.05, 4.69) is 31.2 Å². The molecule has 0 saturated heterocycles. The van der Waals surface area contributed by atoms with E-state index in [1.54, 1.807) is 6.20 Å². The summed E-state index contributed by atoms with van der Waals surface area (Å²) in [5.41, 5.74) is 1.05. The molecule has 0 aliphatic rings. The minimum absolute atomic E-state index is 0.234. The van der Waals surface area contributed by atoms with E-state index in [0.29, 0.717) is 6.04 Å². The average Bonchev–Trinajstić information content (AvgIpc) is 2.46. The lowest BCUT2D eigenvalue weighted by Crippen LogP contribution is -2.18. The summed E-state index contributed by atoms with van der Waals surface area (Å²) in [7, 11) is 1.92. The first-order valence-electron chi connectivity index (χ1n) is 4.48. The molecule has 0 aromatic carbocycles. The van der Waals surface area contributed by atoms with Gasteiger partial charge in [0, 0.05) is 12.1 Å². The lowest BCUT2D eigenvalue weighted by Gasteiger charge is -2.16. The Hall–Kier alpha value is -0.540. The molecule has 1 N–H and O–H groups in total. The van der Waals surface area contributed by atoms with Gasteiger partial charge in [-0.2, -0.15) is 5.10 Å². The maximum absolute atomic E-state index is 6.04. The summed E-state index contributed by atoms with van der Waals surface area (Å²) in [4.78, 5) is 0. The van der Waals surface area contributed by atoms with Gasteiger partial charge in [0.15, 0.2) is 0 Å². The van der Waals surface area contributed by atoms with Crippen molar-refractivity contribution in [3.63, 3.8) is 0 Å². The molecule has 13 heavy (non-hydrogen) atoms. The maximum atomic E-state index is 6.04. The van der Waals surface area contributed by atoms with Gasteiger partial charge in [0.1, 0.15) is 0 Å². The standard InChI is InChI=1S/C9H16ClN3/c1-6(2)13-9(7(3)11-4)8(10)5-12-13/h5-7,11H,1-4H3. The van der Waals surface area contributed by atoms with Gasteiger partial charge in [-0.3, -0.25) is 4.68 Å². The highest BCUT2D eigenvalue weighted by molar-refractivity contribution is 6.31. The van der Waals surface area contributed by atoms with Crippen molar-refractivity contribution in [3.05, 3.63) is 16.9 Å². The van der Waals surface area contributed by atoms with Crippen LogP contribution in [0.2, 0.25) is 5.02 Å². The first kappa shape index (κ1) is 10.5. The molecule has 1 unspecified atom stereocenters. The Labute approximate surface area is 84.1 Å². The molecular formula is C9H16ClN3. The maximum Gasteiger partial charge on any atom is 0.0834 e. The summed E-state index contributed by atoms with van der Waals surface area (Å²) < 4.78 is 1.95. The Morgan fingerprint density at radius 1 is 1.46 bits per heavy atom. The number of hydrogen-bond donors (Lipinski definition) is 1. The van der Waals surface area contributed by atoms with Crippen LogP contribution < -0.4 is 5.32 Å². The predicted molar refractivity (Wildman–Crippen MR) is 55.1 cm³/mol. The molecular weight excluding hydrogens is 186 g/mol. The van der Waals surface area contributed by atoms with Gasteiger partial charge in [-0.1, -0.05) is 11.6 Å². The molecule has 0 fully saturated rings. The quantitative estimate of drug-likeness (QED) is 0.814. The first-order chi connectivity index (χ1) is 6.07. The number of hydrogen-bond acceptors (Lipinski definition) is 2. The topological polar surface area (TPSA) is 29.9 Å². The third kappa shape index (κ3) is 2.03. The van der Waals surface area contributed by atoms with Gasteiger partial charge in [0.25, 0.3) is 0 Å². The molecule has 0 aliphatic heterocycles. The van der Waals surface area contributed by atoms with Crippen molar-refractivity contribution >= 4 is 11.6 Å². The monoisotopic (exact) mass is 201 g/mol. The lowest BCUT2D eigenvalue weighted by atomic mass is 10.2. The molecule has 74 valence electrons. The van der Waals surface area contributed by atoms with E-state index in [1.165, 1.54) is 0 Å². The first-order valence-corrected chi connectivity index (χ1v) is 4.86. The molecule has 0 saturated carbocycles. The Morgan fingerprint density at radius 2 is 2.08 bits per heavy atom. The average molecular weight is 202 g/mol. The second-order valence-electron chi connectivity index (χ2n) is 3.43. The van der Waals surface area contributed by atoms with Crippen LogP contribution in [0.4, 0.5) is 0 Å². The highest BCUT2D eigenvalue weighted by atomic mass is 35.5. The highest BCUT2D eigenvalue weighted by Gasteiger charge is 2.16. The van der Waals surface area contributed by atoms with Gasteiger partial charge in [-0.25, -0.2) is 0 Å². The van der Waals surface area contributed by atoms with Crippen molar-refractivity contribution in [1.29, 1.82) is 0 Å². The van der Waals surface area contributed by atoms with Gasteiger partial charge in [-0.05, 0) is 27.8 Å². The zero-order valence-corrected chi connectivity index (χ0v) is 9.26. The van der Waals surface area contributed by atoms with Crippen LogP contribution >= 0.6 is 11.6 Å². The lowest BCUT2D eigenvalue weighted by molar-refractivity contribution is 0.475. The van der Waals surface area contributed by atoms with E-state index < -0.39 is 0 Å². The summed E-state index contributed by atoms with van der Waals surface area (Å²) in [5, 5.41) is 8.12. The molecule has 0 bridgehead atoms. The number of nitrogens with one attached hydrogen (secondary N) is 1. The highest BCUT2D eigenvalue weighted by Crippen LogP contribution is 2.24. The minimum Gasteiger partial charge on any atom is -0.312 e. The minimum atomic E-state index is 0.234. The molecule has 0 spiro atoms. The Bertz CT molecular complexity index is 280. The van der Waals surface area contributed by atoms with Crippen LogP contribution in [0.15, 0.2) is 6.20 Å². The van der Waals surface area contributed by atoms with Crippen molar-refractivity contribution < 1.29 is 0 Å². The third-order valence-corrected chi connectivity index (χ3v) is 2.41. The van der Waals surface area contributed by atoms with Crippen LogP contribution in [0.1, 0.15) is 38.5 Å². The van der Waals surface area contributed by atoms with Crippen LogP contribution in [0.3, 0.4) is 0 Å². The van der Waals surface area contributed by atoms with E-state index in [4.69, 9.17) is 11.6 Å². The van der Waals surface area contributed by atoms with E-state index in [1.807, 2.05) is 11.7 Å². The largest absolute Gasteiger partial charge is 0.312 e. The molecule has 1 aromatic heterocycles. The summed E-state index contributed by atoms with van der Waals surface area (Å²) >= 11 is 6.04. The normalized spacial score (nSPS) is 13.7. The van der Waals surface area contributed by atoms with E-state index in [0.717, 1.165) is 10.7 Å². The van der Waals surface area contributed by atoms with Gasteiger partial charge < -0.3 is 5.32 Å². The Balaban J connectivity index is 3.08. The van der Waals surface area contributed by atoms with Crippen molar-refractivity contribution in [2.45, 2.75) is 32.9 Å². The van der Waals surface area contributed by atoms with Crippen LogP contribution in [0.25, 0.3) is 0 Å². The Kier molecular flexibility index (Phi) is 3.33. The number of nitrogens with zero attached hydrogens (tertiary/aromatic N) is 2. The van der Waals surface area contributed by atoms with Gasteiger partial charge >= 0.3 is 0 Å². The fourth-order valence-electron chi connectivity index (χ4n) is 1.30. The van der Waals surface area contributed by atoms with Crippen molar-refractivity contribution in [2.75, 3.05) is 7.05 Å². The van der Waals surface area contributed by atoms with E-state index in [9.17, 15) is 0 Å². The fourth-order valence-corrected chi connectivity index (χ4v) is 1.60. The fraction of sp³-hybridized carbons (Fsp3) is 0.667. The van der Waals surface area contributed by atoms with Crippen LogP contribution in [0.5, 0.6) is 0 Å². The smallest absolute Gasteiger partial charge is 0.0834 e. The number of halogens is 1. The molecule has 3 nitrogen and oxygen atoms in total. The Morgan fingerprint density at radius 3 is 2.54 bits per heavy atom. The molecule has 1 atom stereocenters. The van der Waals surface area contributed by atoms with Crippen molar-refractivity contribution in [2.24, 2.45) is 0 Å². The second-order valence-corrected chi connectivity index (χ2v) is 3.83. The van der Waals surface area contributed by atoms with Gasteiger partial charge in [0.2, 0.25) is 0 Å².